The lowest BCUT2D eigenvalue weighted by molar-refractivity contribution is -0.0397. The molecule has 0 heterocycles. The summed E-state index contributed by atoms with van der Waals surface area (Å²) in [5.74, 6) is 3.22. The summed E-state index contributed by atoms with van der Waals surface area (Å²) in [5.41, 5.74) is 18.6. The van der Waals surface area contributed by atoms with Gasteiger partial charge in [0.25, 0.3) is 0 Å². The number of rotatable bonds is 5. The van der Waals surface area contributed by atoms with Crippen molar-refractivity contribution in [2.45, 2.75) is 88.9 Å². The highest BCUT2D eigenvalue weighted by Gasteiger charge is 2.62. The molecule has 0 saturated heterocycles. The van der Waals surface area contributed by atoms with E-state index in [4.69, 9.17) is 0 Å². The Labute approximate surface area is 328 Å². The van der Waals surface area contributed by atoms with Crippen LogP contribution in [0.15, 0.2) is 140 Å². The van der Waals surface area contributed by atoms with Crippen molar-refractivity contribution in [2.75, 3.05) is 4.90 Å². The van der Waals surface area contributed by atoms with Gasteiger partial charge in [0.1, 0.15) is 0 Å². The molecule has 274 valence electrons. The fourth-order valence-corrected chi connectivity index (χ4v) is 13.0. The lowest BCUT2D eigenvalue weighted by Crippen LogP contribution is -2.55. The quantitative estimate of drug-likeness (QED) is 0.172. The summed E-state index contributed by atoms with van der Waals surface area (Å²) in [4.78, 5) is 2.61. The van der Waals surface area contributed by atoms with Gasteiger partial charge in [-0.1, -0.05) is 137 Å². The van der Waals surface area contributed by atoms with E-state index in [1.165, 1.54) is 107 Å². The van der Waals surface area contributed by atoms with Gasteiger partial charge in [-0.2, -0.15) is 0 Å². The van der Waals surface area contributed by atoms with E-state index in [0.29, 0.717) is 11.8 Å². The van der Waals surface area contributed by atoms with E-state index in [-0.39, 0.29) is 16.2 Å². The van der Waals surface area contributed by atoms with Crippen molar-refractivity contribution in [3.8, 4) is 33.4 Å². The Bertz CT molecular complexity index is 2400. The first kappa shape index (κ1) is 33.5. The molecule has 0 N–H and O–H groups in total. The van der Waals surface area contributed by atoms with Crippen molar-refractivity contribution in [3.05, 3.63) is 162 Å². The van der Waals surface area contributed by atoms with Gasteiger partial charge in [0.15, 0.2) is 0 Å². The number of nitrogens with zero attached hydrogens (tertiary/aromatic N) is 1. The molecule has 6 aromatic carbocycles. The second-order valence-electron chi connectivity index (χ2n) is 19.2. The largest absolute Gasteiger partial charge is 0.310 e. The molecule has 0 aliphatic heterocycles. The minimum absolute atomic E-state index is 0.0690. The van der Waals surface area contributed by atoms with Crippen LogP contribution in [0.3, 0.4) is 0 Å². The summed E-state index contributed by atoms with van der Waals surface area (Å²) in [6, 6.07) is 53.6. The summed E-state index contributed by atoms with van der Waals surface area (Å²) in [7, 11) is 0. The van der Waals surface area contributed by atoms with E-state index in [1.54, 1.807) is 11.1 Å². The van der Waals surface area contributed by atoms with Gasteiger partial charge in [-0.15, -0.1) is 0 Å². The zero-order valence-electron chi connectivity index (χ0n) is 33.0. The van der Waals surface area contributed by atoms with E-state index < -0.39 is 0 Å². The van der Waals surface area contributed by atoms with Crippen LogP contribution in [0.25, 0.3) is 33.4 Å². The van der Waals surface area contributed by atoms with Crippen LogP contribution in [0.5, 0.6) is 0 Å². The Kier molecular flexibility index (Phi) is 7.34. The molecule has 0 amide bonds. The molecular formula is C54H53N. The third-order valence-corrected chi connectivity index (χ3v) is 15.3. The summed E-state index contributed by atoms with van der Waals surface area (Å²) in [6.07, 6.45) is 9.41. The smallest absolute Gasteiger partial charge is 0.0509 e. The second kappa shape index (κ2) is 12.1. The summed E-state index contributed by atoms with van der Waals surface area (Å²) in [6.45, 7) is 9.77. The zero-order valence-corrected chi connectivity index (χ0v) is 33.0. The Hall–Kier alpha value is -4.88. The molecule has 0 radical (unpaired) electrons. The zero-order chi connectivity index (χ0) is 37.1. The van der Waals surface area contributed by atoms with E-state index in [9.17, 15) is 0 Å². The molecule has 4 saturated carbocycles. The van der Waals surface area contributed by atoms with E-state index >= 15 is 0 Å². The van der Waals surface area contributed by atoms with Crippen molar-refractivity contribution in [1.29, 1.82) is 0 Å². The lowest BCUT2D eigenvalue weighted by Gasteiger charge is -2.61. The Morgan fingerprint density at radius 2 is 0.945 bits per heavy atom. The van der Waals surface area contributed by atoms with Gasteiger partial charge in [-0.3, -0.25) is 0 Å². The molecule has 6 aliphatic rings. The third kappa shape index (κ3) is 4.90. The highest BCUT2D eigenvalue weighted by Crippen LogP contribution is 2.71. The van der Waals surface area contributed by atoms with Crippen LogP contribution in [0.1, 0.15) is 94.9 Å². The van der Waals surface area contributed by atoms with E-state index in [2.05, 4.69) is 172 Å². The Morgan fingerprint density at radius 1 is 0.418 bits per heavy atom. The predicted molar refractivity (Wildman–Crippen MR) is 231 cm³/mol. The number of hydrogen-bond donors (Lipinski definition) is 0. The molecule has 1 nitrogen and oxygen atoms in total. The number of anilines is 3. The minimum atomic E-state index is 0.0690. The van der Waals surface area contributed by atoms with Crippen molar-refractivity contribution < 1.29 is 0 Å². The van der Waals surface area contributed by atoms with Gasteiger partial charge in [0.05, 0.1) is 5.69 Å². The molecule has 4 bridgehead atoms. The van der Waals surface area contributed by atoms with Crippen LogP contribution < -0.4 is 4.90 Å². The maximum atomic E-state index is 2.61. The maximum absolute atomic E-state index is 2.61. The van der Waals surface area contributed by atoms with Crippen molar-refractivity contribution in [2.24, 2.45) is 23.7 Å². The normalized spacial score (nSPS) is 26.0. The van der Waals surface area contributed by atoms with Crippen molar-refractivity contribution in [1.82, 2.24) is 0 Å². The maximum Gasteiger partial charge on any atom is 0.0509 e. The SMILES string of the molecule is CC1(C)CCC(C)(C)c2c(-c3ccc(N(c4ccc(-c5ccccc5)cc4)c4cccc5c4C4(c6ccccc6-5)C5CC6CC(C5)CC4C6)cc3)cccc21. The highest BCUT2D eigenvalue weighted by atomic mass is 15.1. The van der Waals surface area contributed by atoms with Gasteiger partial charge >= 0.3 is 0 Å². The number of fused-ring (bicyclic) bond motifs is 4. The Balaban J connectivity index is 1.10. The van der Waals surface area contributed by atoms with Crippen LogP contribution >= 0.6 is 0 Å². The fraction of sp³-hybridized carbons (Fsp3) is 0.333. The average molecular weight is 716 g/mol. The topological polar surface area (TPSA) is 3.24 Å². The third-order valence-electron chi connectivity index (χ3n) is 15.3. The minimum Gasteiger partial charge on any atom is -0.310 e. The molecule has 12 rings (SSSR count). The van der Waals surface area contributed by atoms with Gasteiger partial charge in [-0.05, 0) is 165 Å². The van der Waals surface area contributed by atoms with E-state index in [1.807, 2.05) is 0 Å². The lowest BCUT2D eigenvalue weighted by atomic mass is 9.43. The first-order chi connectivity index (χ1) is 26.7. The highest BCUT2D eigenvalue weighted by molar-refractivity contribution is 5.92. The van der Waals surface area contributed by atoms with Crippen LogP contribution in [0.2, 0.25) is 0 Å². The fourth-order valence-electron chi connectivity index (χ4n) is 13.0. The Morgan fingerprint density at radius 3 is 1.64 bits per heavy atom. The average Bonchev–Trinajstić information content (AvgIpc) is 3.51. The van der Waals surface area contributed by atoms with Crippen LogP contribution in [-0.4, -0.2) is 0 Å². The van der Waals surface area contributed by atoms with Crippen LogP contribution in [-0.2, 0) is 16.2 Å². The first-order valence-electron chi connectivity index (χ1n) is 21.2. The van der Waals surface area contributed by atoms with Crippen LogP contribution in [0.4, 0.5) is 17.1 Å². The molecule has 6 aliphatic carbocycles. The molecule has 55 heavy (non-hydrogen) atoms. The molecule has 4 fully saturated rings. The van der Waals surface area contributed by atoms with E-state index in [0.717, 1.165) is 11.8 Å². The monoisotopic (exact) mass is 715 g/mol. The first-order valence-corrected chi connectivity index (χ1v) is 21.2. The molecule has 0 aromatic heterocycles. The number of benzene rings is 6. The predicted octanol–water partition coefficient (Wildman–Crippen LogP) is 14.6. The van der Waals surface area contributed by atoms with Crippen molar-refractivity contribution in [3.63, 3.8) is 0 Å². The van der Waals surface area contributed by atoms with Gasteiger partial charge in [0.2, 0.25) is 0 Å². The second-order valence-corrected chi connectivity index (χ2v) is 19.2. The van der Waals surface area contributed by atoms with Gasteiger partial charge < -0.3 is 4.90 Å². The summed E-state index contributed by atoms with van der Waals surface area (Å²) in [5, 5.41) is 0. The standard InChI is InChI=1S/C54H53N/c1-52(2)28-29-53(3,4)50-44(15-10-18-48(50)52)39-22-26-43(27-23-39)55(42-24-20-38(21-25-42)37-12-6-5-7-13-37)49-19-11-16-46-45-14-8-9-17-47(45)54(51(46)49)40-31-35-30-36(33-40)34-41(54)32-35/h5-27,35-36,40-41H,28-34H2,1-4H3. The molecule has 0 unspecified atom stereocenters. The van der Waals surface area contributed by atoms with Gasteiger partial charge in [0, 0.05) is 16.8 Å². The van der Waals surface area contributed by atoms with Crippen molar-refractivity contribution >= 4 is 17.1 Å². The van der Waals surface area contributed by atoms with Gasteiger partial charge in [-0.25, -0.2) is 0 Å². The summed E-state index contributed by atoms with van der Waals surface area (Å²) < 4.78 is 0. The number of hydrogen-bond acceptors (Lipinski definition) is 1. The van der Waals surface area contributed by atoms with Crippen LogP contribution in [0, 0.1) is 23.7 Å². The molecule has 6 aromatic rings. The molecule has 1 spiro atoms. The summed E-state index contributed by atoms with van der Waals surface area (Å²) >= 11 is 0. The molecular weight excluding hydrogens is 663 g/mol. The molecule has 0 atom stereocenters. The molecule has 1 heteroatoms.